The largest absolute Gasteiger partial charge is 0.489 e. The van der Waals surface area contributed by atoms with Gasteiger partial charge in [-0.1, -0.05) is 35.9 Å². The van der Waals surface area contributed by atoms with Crippen molar-refractivity contribution in [1.82, 2.24) is 14.4 Å². The van der Waals surface area contributed by atoms with E-state index >= 15 is 4.39 Å². The molecule has 0 radical (unpaired) electrons. The van der Waals surface area contributed by atoms with Crippen LogP contribution in [0.4, 0.5) is 20.6 Å². The lowest BCUT2D eigenvalue weighted by atomic mass is 10.1. The van der Waals surface area contributed by atoms with Crippen LogP contribution in [-0.2, 0) is 11.3 Å². The Morgan fingerprint density at radius 1 is 0.863 bits per heavy atom. The molecule has 3 fully saturated rings. The van der Waals surface area contributed by atoms with Crippen LogP contribution in [-0.4, -0.2) is 84.3 Å². The molecule has 12 heteroatoms. The Labute approximate surface area is 301 Å². The van der Waals surface area contributed by atoms with Gasteiger partial charge in [-0.3, -0.25) is 9.59 Å². The maximum Gasteiger partial charge on any atom is 0.410 e. The van der Waals surface area contributed by atoms with E-state index in [0.29, 0.717) is 75.2 Å². The topological polar surface area (TPSA) is 87.6 Å². The maximum atomic E-state index is 15.8. The highest BCUT2D eigenvalue weighted by molar-refractivity contribution is 6.31. The molecule has 0 atom stereocenters. The molecule has 2 amide bonds. The van der Waals surface area contributed by atoms with E-state index in [1.54, 1.807) is 22.1 Å². The lowest BCUT2D eigenvalue weighted by Gasteiger charge is -2.37. The molecule has 1 saturated carbocycles. The van der Waals surface area contributed by atoms with E-state index in [9.17, 15) is 14.4 Å². The maximum absolute atomic E-state index is 15.8. The highest BCUT2D eigenvalue weighted by atomic mass is 35.5. The summed E-state index contributed by atoms with van der Waals surface area (Å²) in [6, 6.07) is 18.6. The average molecular weight is 716 g/mol. The van der Waals surface area contributed by atoms with Crippen LogP contribution in [0, 0.1) is 5.82 Å². The number of carbonyl (C=O) groups excluding carboxylic acids is 2. The van der Waals surface area contributed by atoms with E-state index in [1.807, 2.05) is 78.8 Å². The van der Waals surface area contributed by atoms with E-state index in [4.69, 9.17) is 21.1 Å². The smallest absolute Gasteiger partial charge is 0.410 e. The van der Waals surface area contributed by atoms with Crippen molar-refractivity contribution >= 4 is 45.9 Å². The molecule has 3 aromatic carbocycles. The third-order valence-corrected chi connectivity index (χ3v) is 10.0. The Hall–Kier alpha value is -4.77. The average Bonchev–Trinajstić information content (AvgIpc) is 3.97. The van der Waals surface area contributed by atoms with Crippen LogP contribution < -0.4 is 20.0 Å². The zero-order valence-corrected chi connectivity index (χ0v) is 30.0. The lowest BCUT2D eigenvalue weighted by Crippen LogP contribution is -2.50. The number of aromatic nitrogens is 1. The van der Waals surface area contributed by atoms with Crippen molar-refractivity contribution in [3.8, 4) is 5.75 Å². The molecule has 1 aromatic heterocycles. The Kier molecular flexibility index (Phi) is 9.58. The predicted octanol–water partition coefficient (Wildman–Crippen LogP) is 6.73. The van der Waals surface area contributed by atoms with Gasteiger partial charge in [0.1, 0.15) is 29.3 Å². The Morgan fingerprint density at radius 2 is 1.55 bits per heavy atom. The van der Waals surface area contributed by atoms with Crippen LogP contribution in [0.15, 0.2) is 71.7 Å². The fraction of sp³-hybridized carbons (Fsp3) is 0.410. The minimum absolute atomic E-state index is 0.0657. The molecule has 7 rings (SSSR count). The minimum Gasteiger partial charge on any atom is -0.489 e. The SMILES string of the molecule is CC(C)(C)OC(=O)N1CCN(c2cc3c(cc2F)c(=O)c(C(=O)N2CCN(c4cccc(OCc5ccccc5Cl)c4)CC2)cn3C2CC2)CC1. The summed E-state index contributed by atoms with van der Waals surface area (Å²) in [5.74, 6) is -0.138. The molecule has 0 spiro atoms. The molecular formula is C39H43ClFN5O5. The van der Waals surface area contributed by atoms with Gasteiger partial charge in [-0.15, -0.1) is 0 Å². The summed E-state index contributed by atoms with van der Waals surface area (Å²) in [6.45, 7) is 9.53. The summed E-state index contributed by atoms with van der Waals surface area (Å²) in [5.41, 5.74) is 1.90. The van der Waals surface area contributed by atoms with E-state index in [-0.39, 0.29) is 29.0 Å². The van der Waals surface area contributed by atoms with E-state index in [1.165, 1.54) is 6.07 Å². The predicted molar refractivity (Wildman–Crippen MR) is 197 cm³/mol. The first kappa shape index (κ1) is 34.7. The molecule has 2 saturated heterocycles. The number of rotatable bonds is 7. The van der Waals surface area contributed by atoms with Crippen molar-refractivity contribution in [1.29, 1.82) is 0 Å². The number of halogens is 2. The number of ether oxygens (including phenoxy) is 2. The van der Waals surface area contributed by atoms with Crippen molar-refractivity contribution in [2.75, 3.05) is 62.2 Å². The first-order valence-electron chi connectivity index (χ1n) is 17.6. The molecule has 1 aliphatic carbocycles. The molecule has 0 N–H and O–H groups in total. The first-order valence-corrected chi connectivity index (χ1v) is 17.9. The minimum atomic E-state index is -0.596. The van der Waals surface area contributed by atoms with Crippen LogP contribution in [0.3, 0.4) is 0 Å². The van der Waals surface area contributed by atoms with Gasteiger partial charge in [0.25, 0.3) is 5.91 Å². The van der Waals surface area contributed by atoms with Gasteiger partial charge in [0.15, 0.2) is 0 Å². The van der Waals surface area contributed by atoms with Gasteiger partial charge >= 0.3 is 6.09 Å². The van der Waals surface area contributed by atoms with Gasteiger partial charge in [0, 0.05) is 92.3 Å². The summed E-state index contributed by atoms with van der Waals surface area (Å²) < 4.78 is 29.3. The molecule has 4 aromatic rings. The molecule has 10 nitrogen and oxygen atoms in total. The van der Waals surface area contributed by atoms with Crippen LogP contribution in [0.25, 0.3) is 10.9 Å². The number of pyridine rings is 1. The fourth-order valence-electron chi connectivity index (χ4n) is 6.75. The number of benzene rings is 3. The molecule has 0 unspecified atom stereocenters. The number of anilines is 2. The van der Waals surface area contributed by atoms with E-state index in [2.05, 4.69) is 4.90 Å². The zero-order valence-electron chi connectivity index (χ0n) is 29.2. The van der Waals surface area contributed by atoms with Crippen molar-refractivity contribution in [2.24, 2.45) is 0 Å². The fourth-order valence-corrected chi connectivity index (χ4v) is 6.94. The standard InChI is InChI=1S/C39H43ClFN5O5/c1-39(2,3)51-38(49)45-19-15-43(16-20-45)35-23-34-30(22-33(35)41)36(47)31(24-46(34)27-11-12-27)37(48)44-17-13-42(14-18-44)28-8-6-9-29(21-28)50-25-26-7-4-5-10-32(26)40/h4-10,21-24,27H,11-20,25H2,1-3H3. The Balaban J connectivity index is 1.04. The zero-order chi connectivity index (χ0) is 35.9. The molecule has 3 aliphatic rings. The van der Waals surface area contributed by atoms with Gasteiger partial charge in [0.05, 0.1) is 11.2 Å². The van der Waals surface area contributed by atoms with Crippen molar-refractivity contribution in [3.63, 3.8) is 0 Å². The molecule has 268 valence electrons. The molecule has 51 heavy (non-hydrogen) atoms. The van der Waals surface area contributed by atoms with Crippen LogP contribution in [0.1, 0.15) is 55.6 Å². The van der Waals surface area contributed by atoms with Gasteiger partial charge in [-0.25, -0.2) is 9.18 Å². The van der Waals surface area contributed by atoms with Gasteiger partial charge in [-0.2, -0.15) is 0 Å². The van der Waals surface area contributed by atoms with Crippen molar-refractivity contribution in [2.45, 2.75) is 51.9 Å². The third-order valence-electron chi connectivity index (χ3n) is 9.65. The van der Waals surface area contributed by atoms with E-state index < -0.39 is 16.8 Å². The number of hydrogen-bond donors (Lipinski definition) is 0. The first-order chi connectivity index (χ1) is 24.4. The second-order valence-corrected chi connectivity index (χ2v) is 14.8. The molecule has 3 heterocycles. The molecule has 2 aliphatic heterocycles. The number of nitrogens with zero attached hydrogens (tertiary/aromatic N) is 5. The van der Waals surface area contributed by atoms with Gasteiger partial charge < -0.3 is 33.6 Å². The number of amides is 2. The summed E-state index contributed by atoms with van der Waals surface area (Å²) >= 11 is 6.29. The molecular weight excluding hydrogens is 673 g/mol. The van der Waals surface area contributed by atoms with Crippen molar-refractivity contribution in [3.05, 3.63) is 99.1 Å². The lowest BCUT2D eigenvalue weighted by molar-refractivity contribution is 0.0240. The number of hydrogen-bond acceptors (Lipinski definition) is 7. The monoisotopic (exact) mass is 715 g/mol. The third kappa shape index (κ3) is 7.63. The quantitative estimate of drug-likeness (QED) is 0.210. The molecule has 0 bridgehead atoms. The summed E-state index contributed by atoms with van der Waals surface area (Å²) in [4.78, 5) is 47.7. The summed E-state index contributed by atoms with van der Waals surface area (Å²) in [5, 5.41) is 0.861. The van der Waals surface area contributed by atoms with Gasteiger partial charge in [-0.05, 0) is 63.9 Å². The number of fused-ring (bicyclic) bond motifs is 1. The highest BCUT2D eigenvalue weighted by Gasteiger charge is 2.32. The number of piperazine rings is 2. The number of carbonyl (C=O) groups is 2. The van der Waals surface area contributed by atoms with Crippen LogP contribution in [0.2, 0.25) is 5.02 Å². The second-order valence-electron chi connectivity index (χ2n) is 14.4. The van der Waals surface area contributed by atoms with E-state index in [0.717, 1.165) is 29.8 Å². The second kappa shape index (κ2) is 14.1. The summed E-state index contributed by atoms with van der Waals surface area (Å²) in [7, 11) is 0. The Bertz CT molecular complexity index is 2010. The van der Waals surface area contributed by atoms with Gasteiger partial charge in [0.2, 0.25) is 5.43 Å². The van der Waals surface area contributed by atoms with Crippen LogP contribution in [0.5, 0.6) is 5.75 Å². The van der Waals surface area contributed by atoms with Crippen molar-refractivity contribution < 1.29 is 23.5 Å². The summed E-state index contributed by atoms with van der Waals surface area (Å²) in [6.07, 6.45) is 3.14. The normalized spacial score (nSPS) is 16.8. The highest BCUT2D eigenvalue weighted by Crippen LogP contribution is 2.38. The Morgan fingerprint density at radius 3 is 2.24 bits per heavy atom. The van der Waals surface area contributed by atoms with Crippen LogP contribution >= 0.6 is 11.6 Å².